The Morgan fingerprint density at radius 1 is 1.19 bits per heavy atom. The van der Waals surface area contributed by atoms with Crippen LogP contribution in [0.4, 0.5) is 10.2 Å². The molecule has 1 aliphatic rings. The molecule has 1 aliphatic heterocycles. The lowest BCUT2D eigenvalue weighted by Crippen LogP contribution is -2.28. The summed E-state index contributed by atoms with van der Waals surface area (Å²) < 4.78 is 24.3. The van der Waals surface area contributed by atoms with Crippen LogP contribution in [0.25, 0.3) is 16.9 Å². The topological polar surface area (TPSA) is 96.7 Å². The first-order chi connectivity index (χ1) is 14.9. The minimum absolute atomic E-state index is 0.261. The number of aryl methyl sites for hydroxylation is 1. The highest BCUT2D eigenvalue weighted by atomic mass is 19.1. The molecular formula is C22H22FN7O. The van der Waals surface area contributed by atoms with E-state index in [-0.39, 0.29) is 11.6 Å². The average Bonchev–Trinajstić information content (AvgIpc) is 3.36. The summed E-state index contributed by atoms with van der Waals surface area (Å²) in [4.78, 5) is 4.36. The van der Waals surface area contributed by atoms with Gasteiger partial charge < -0.3 is 10.5 Å². The lowest BCUT2D eigenvalue weighted by atomic mass is 9.95. The van der Waals surface area contributed by atoms with Gasteiger partial charge in [0.25, 0.3) is 0 Å². The van der Waals surface area contributed by atoms with Gasteiger partial charge in [-0.3, -0.25) is 4.68 Å². The van der Waals surface area contributed by atoms with Crippen molar-refractivity contribution >= 4 is 5.82 Å². The minimum Gasteiger partial charge on any atom is -0.479 e. The zero-order chi connectivity index (χ0) is 21.8. The quantitative estimate of drug-likeness (QED) is 0.507. The van der Waals surface area contributed by atoms with Gasteiger partial charge in [0.15, 0.2) is 11.6 Å². The number of anilines is 1. The maximum absolute atomic E-state index is 14.3. The molecule has 1 aromatic carbocycles. The summed E-state index contributed by atoms with van der Waals surface area (Å²) in [7, 11) is 0. The van der Waals surface area contributed by atoms with Gasteiger partial charge in [-0.15, -0.1) is 5.10 Å². The second-order valence-electron chi connectivity index (χ2n) is 8.03. The Kier molecular flexibility index (Phi) is 4.28. The molecule has 31 heavy (non-hydrogen) atoms. The number of pyridine rings is 1. The highest BCUT2D eigenvalue weighted by molar-refractivity contribution is 5.68. The number of hydrogen-bond acceptors (Lipinski definition) is 6. The van der Waals surface area contributed by atoms with Crippen LogP contribution in [0.15, 0.2) is 42.9 Å². The van der Waals surface area contributed by atoms with Crippen LogP contribution >= 0.6 is 0 Å². The van der Waals surface area contributed by atoms with Crippen LogP contribution in [0.3, 0.4) is 0 Å². The number of nitrogens with two attached hydrogens (primary N) is 1. The van der Waals surface area contributed by atoms with Crippen molar-refractivity contribution in [3.63, 3.8) is 0 Å². The number of nitrogen functional groups attached to an aromatic ring is 1. The van der Waals surface area contributed by atoms with Crippen molar-refractivity contribution in [2.45, 2.75) is 39.3 Å². The van der Waals surface area contributed by atoms with Crippen molar-refractivity contribution in [3.05, 3.63) is 65.5 Å². The van der Waals surface area contributed by atoms with Gasteiger partial charge in [0.05, 0.1) is 29.5 Å². The highest BCUT2D eigenvalue weighted by Crippen LogP contribution is 2.38. The average molecular weight is 419 g/mol. The third-order valence-corrected chi connectivity index (χ3v) is 5.56. The van der Waals surface area contributed by atoms with Gasteiger partial charge in [-0.2, -0.15) is 5.10 Å². The second-order valence-corrected chi connectivity index (χ2v) is 8.03. The van der Waals surface area contributed by atoms with Gasteiger partial charge in [-0.25, -0.2) is 14.1 Å². The first kappa shape index (κ1) is 19.2. The summed E-state index contributed by atoms with van der Waals surface area (Å²) in [6.45, 7) is 6.45. The van der Waals surface area contributed by atoms with E-state index < -0.39 is 5.60 Å². The summed E-state index contributed by atoms with van der Waals surface area (Å²) in [5.74, 6) is 0.319. The number of hydrogen-bond donors (Lipinski definition) is 1. The maximum Gasteiger partial charge on any atom is 0.166 e. The Balaban J connectivity index is 1.83. The Hall–Kier alpha value is -3.75. The number of ether oxygens (including phenoxy) is 1. The van der Waals surface area contributed by atoms with E-state index >= 15 is 0 Å². The fourth-order valence-electron chi connectivity index (χ4n) is 4.07. The molecule has 2 N–H and O–H groups in total. The molecule has 8 nitrogen and oxygen atoms in total. The molecular weight excluding hydrogens is 397 g/mol. The van der Waals surface area contributed by atoms with Gasteiger partial charge >= 0.3 is 0 Å². The molecule has 0 spiro atoms. The van der Waals surface area contributed by atoms with Crippen molar-refractivity contribution < 1.29 is 9.13 Å². The number of fused-ring (bicyclic) bond motifs is 7. The third-order valence-electron chi connectivity index (χ3n) is 5.56. The predicted molar refractivity (Wildman–Crippen MR) is 113 cm³/mol. The third kappa shape index (κ3) is 3.13. The Morgan fingerprint density at radius 3 is 2.84 bits per heavy atom. The van der Waals surface area contributed by atoms with E-state index in [2.05, 4.69) is 20.4 Å². The molecule has 9 heteroatoms. The van der Waals surface area contributed by atoms with E-state index in [0.717, 1.165) is 22.5 Å². The number of benzene rings is 1. The molecule has 0 aliphatic carbocycles. The normalized spacial score (nSPS) is 14.5. The number of rotatable bonds is 1. The number of nitrogens with zero attached hydrogens (tertiary/aromatic N) is 6. The summed E-state index contributed by atoms with van der Waals surface area (Å²) in [6, 6.07) is 6.42. The van der Waals surface area contributed by atoms with Crippen LogP contribution in [0, 0.1) is 5.82 Å². The Bertz CT molecular complexity index is 1290. The standard InChI is InChI=1S/C22H22FN7O/c1-4-29-20-13(11-27-29)7-16-12-26-28-30(16)18-6-5-15(23)9-17(18)22(2,3)31-19-8-14(20)10-25-21(19)24/h5-6,8-12H,4,7H2,1-3H3,(H2,24,25). The fraction of sp³-hybridized carbons (Fsp3) is 0.273. The Labute approximate surface area is 178 Å². The van der Waals surface area contributed by atoms with Crippen LogP contribution in [0.5, 0.6) is 5.75 Å². The fourth-order valence-corrected chi connectivity index (χ4v) is 4.07. The Morgan fingerprint density at radius 2 is 2.03 bits per heavy atom. The largest absolute Gasteiger partial charge is 0.479 e. The molecule has 0 radical (unpaired) electrons. The van der Waals surface area contributed by atoms with Crippen LogP contribution in [-0.2, 0) is 18.6 Å². The molecule has 0 fully saturated rings. The molecule has 3 aromatic heterocycles. The number of halogens is 1. The summed E-state index contributed by atoms with van der Waals surface area (Å²) in [6.07, 6.45) is 5.82. The molecule has 2 bridgehead atoms. The smallest absolute Gasteiger partial charge is 0.166 e. The van der Waals surface area contributed by atoms with Crippen molar-refractivity contribution in [1.82, 2.24) is 29.8 Å². The van der Waals surface area contributed by atoms with Gasteiger partial charge in [0.2, 0.25) is 0 Å². The van der Waals surface area contributed by atoms with E-state index in [0.29, 0.717) is 30.0 Å². The summed E-state index contributed by atoms with van der Waals surface area (Å²) >= 11 is 0. The lowest BCUT2D eigenvalue weighted by molar-refractivity contribution is 0.109. The van der Waals surface area contributed by atoms with Gasteiger partial charge in [0, 0.05) is 35.9 Å². The van der Waals surface area contributed by atoms with Crippen molar-refractivity contribution in [3.8, 4) is 22.7 Å². The molecule has 0 saturated carbocycles. The van der Waals surface area contributed by atoms with E-state index in [1.165, 1.54) is 12.1 Å². The molecule has 4 aromatic rings. The summed E-state index contributed by atoms with van der Waals surface area (Å²) in [5, 5.41) is 13.0. The van der Waals surface area contributed by atoms with Crippen molar-refractivity contribution in [1.29, 1.82) is 0 Å². The maximum atomic E-state index is 14.3. The van der Waals surface area contributed by atoms with Crippen LogP contribution < -0.4 is 10.5 Å². The van der Waals surface area contributed by atoms with E-state index in [1.807, 2.05) is 37.7 Å². The number of aromatic nitrogens is 6. The second kappa shape index (κ2) is 6.90. The zero-order valence-corrected chi connectivity index (χ0v) is 17.5. The monoisotopic (exact) mass is 419 g/mol. The molecule has 158 valence electrons. The van der Waals surface area contributed by atoms with E-state index in [4.69, 9.17) is 10.5 Å². The van der Waals surface area contributed by atoms with E-state index in [1.54, 1.807) is 23.1 Å². The molecule has 0 saturated heterocycles. The van der Waals surface area contributed by atoms with Gasteiger partial charge in [0.1, 0.15) is 11.4 Å². The first-order valence-corrected chi connectivity index (χ1v) is 10.1. The van der Waals surface area contributed by atoms with Gasteiger partial charge in [-0.1, -0.05) is 5.21 Å². The van der Waals surface area contributed by atoms with Gasteiger partial charge in [-0.05, 0) is 45.0 Å². The minimum atomic E-state index is -0.928. The SMILES string of the molecule is CCn1ncc2c1-c1cnc(N)c(c1)OC(C)(C)c1cc(F)ccc1-n1nncc1C2. The lowest BCUT2D eigenvalue weighted by Gasteiger charge is -2.30. The molecule has 0 unspecified atom stereocenters. The van der Waals surface area contributed by atoms with Crippen molar-refractivity contribution in [2.75, 3.05) is 5.73 Å². The summed E-state index contributed by atoms with van der Waals surface area (Å²) in [5.41, 5.74) is 10.1. The molecule has 0 atom stereocenters. The molecule has 0 amide bonds. The van der Waals surface area contributed by atoms with Crippen LogP contribution in [0.2, 0.25) is 0 Å². The van der Waals surface area contributed by atoms with Crippen molar-refractivity contribution in [2.24, 2.45) is 0 Å². The van der Waals surface area contributed by atoms with Crippen LogP contribution in [-0.4, -0.2) is 29.8 Å². The first-order valence-electron chi connectivity index (χ1n) is 10.1. The molecule has 4 heterocycles. The van der Waals surface area contributed by atoms with E-state index in [9.17, 15) is 4.39 Å². The molecule has 5 rings (SSSR count). The zero-order valence-electron chi connectivity index (χ0n) is 17.5. The van der Waals surface area contributed by atoms with Crippen LogP contribution in [0.1, 0.15) is 37.6 Å². The highest BCUT2D eigenvalue weighted by Gasteiger charge is 2.30. The predicted octanol–water partition coefficient (Wildman–Crippen LogP) is 3.49.